The van der Waals surface area contributed by atoms with Crippen LogP contribution in [0.4, 0.5) is 0 Å². The van der Waals surface area contributed by atoms with Crippen LogP contribution >= 0.6 is 0 Å². The molecular weight excluding hydrogens is 839 g/mol. The Morgan fingerprint density at radius 1 is 0.412 bits per heavy atom. The molecule has 0 radical (unpaired) electrons. The molecule has 6 heteroatoms. The molecule has 0 aliphatic rings. The molecule has 0 saturated carbocycles. The monoisotopic (exact) mass is 956 g/mol. The smallest absolute Gasteiger partial charge is 0.305 e. The first-order chi connectivity index (χ1) is 33.5. The van der Waals surface area contributed by atoms with Gasteiger partial charge in [0.05, 0.1) is 25.4 Å². The molecule has 400 valence electrons. The summed E-state index contributed by atoms with van der Waals surface area (Å²) in [5.41, 5.74) is 0. The van der Waals surface area contributed by atoms with Crippen molar-refractivity contribution in [1.29, 1.82) is 0 Å². The third kappa shape index (κ3) is 53.4. The summed E-state index contributed by atoms with van der Waals surface area (Å²) in [5.74, 6) is -0.0808. The molecule has 0 bridgehead atoms. The van der Waals surface area contributed by atoms with E-state index < -0.39 is 12.1 Å². The highest BCUT2D eigenvalue weighted by molar-refractivity contribution is 5.76. The standard InChI is InChI=1S/C62H117NO5/c1-3-5-7-9-11-13-15-17-19-21-23-26-30-34-38-42-46-50-54-60(65)59(58-64)63-61(66)55-51-47-43-39-35-31-27-24-22-25-29-33-37-41-45-49-53-57-68-62(67)56-52-48-44-40-36-32-28-20-18-16-14-12-10-8-6-4-2/h14,16,20,28,50,54,59-60,64-65H,3-13,15,17-19,21-27,29-49,51-53,55-58H2,1-2H3,(H,63,66)/b16-14-,28-20-,54-50+. The van der Waals surface area contributed by atoms with Gasteiger partial charge in [-0.1, -0.05) is 281 Å². The molecule has 0 rings (SSSR count). The highest BCUT2D eigenvalue weighted by Crippen LogP contribution is 2.17. The largest absolute Gasteiger partial charge is 0.466 e. The van der Waals surface area contributed by atoms with Gasteiger partial charge in [0.15, 0.2) is 0 Å². The molecule has 0 aliphatic carbocycles. The maximum Gasteiger partial charge on any atom is 0.305 e. The quantitative estimate of drug-likeness (QED) is 0.0321. The summed E-state index contributed by atoms with van der Waals surface area (Å²) in [6, 6.07) is -0.633. The molecule has 0 aromatic heterocycles. The average molecular weight is 957 g/mol. The third-order valence-electron chi connectivity index (χ3n) is 13.9. The Hall–Kier alpha value is -1.92. The number of rotatable bonds is 56. The van der Waals surface area contributed by atoms with Crippen molar-refractivity contribution in [2.45, 2.75) is 334 Å². The predicted octanol–water partition coefficient (Wildman–Crippen LogP) is 18.8. The van der Waals surface area contributed by atoms with Gasteiger partial charge in [-0.3, -0.25) is 9.59 Å². The van der Waals surface area contributed by atoms with Gasteiger partial charge in [-0.2, -0.15) is 0 Å². The van der Waals surface area contributed by atoms with Crippen LogP contribution in [0.15, 0.2) is 36.5 Å². The lowest BCUT2D eigenvalue weighted by Gasteiger charge is -2.20. The Balaban J connectivity index is 3.45. The number of ether oxygens (including phenoxy) is 1. The van der Waals surface area contributed by atoms with Gasteiger partial charge in [0.25, 0.3) is 0 Å². The van der Waals surface area contributed by atoms with Crippen LogP contribution < -0.4 is 5.32 Å². The van der Waals surface area contributed by atoms with Gasteiger partial charge in [-0.05, 0) is 64.2 Å². The van der Waals surface area contributed by atoms with Crippen LogP contribution in [0, 0.1) is 0 Å². The second-order valence-electron chi connectivity index (χ2n) is 20.7. The molecule has 2 atom stereocenters. The van der Waals surface area contributed by atoms with Gasteiger partial charge in [0.2, 0.25) is 5.91 Å². The van der Waals surface area contributed by atoms with E-state index in [-0.39, 0.29) is 18.5 Å². The molecule has 1 amide bonds. The van der Waals surface area contributed by atoms with Crippen LogP contribution in [0.2, 0.25) is 0 Å². The van der Waals surface area contributed by atoms with E-state index in [1.807, 2.05) is 6.08 Å². The van der Waals surface area contributed by atoms with E-state index >= 15 is 0 Å². The van der Waals surface area contributed by atoms with E-state index in [2.05, 4.69) is 43.5 Å². The SMILES string of the molecule is CCCCCC/C=C\C/C=C\CCCCCCCC(=O)OCCCCCCCCCCCCCCCCCCCC(=O)NC(CO)C(O)/C=C/CCCCCCCCCCCCCCCCCC. The number of carbonyl (C=O) groups excluding carboxylic acids is 2. The normalized spacial score (nSPS) is 12.8. The minimum atomic E-state index is -0.849. The van der Waals surface area contributed by atoms with Gasteiger partial charge in [0.1, 0.15) is 0 Å². The zero-order valence-corrected chi connectivity index (χ0v) is 45.6. The fourth-order valence-electron chi connectivity index (χ4n) is 9.25. The van der Waals surface area contributed by atoms with E-state index in [1.165, 1.54) is 244 Å². The summed E-state index contributed by atoms with van der Waals surface area (Å²) in [6.45, 7) is 4.88. The topological polar surface area (TPSA) is 95.9 Å². The van der Waals surface area contributed by atoms with E-state index in [9.17, 15) is 19.8 Å². The minimum Gasteiger partial charge on any atom is -0.466 e. The lowest BCUT2D eigenvalue weighted by molar-refractivity contribution is -0.143. The van der Waals surface area contributed by atoms with Crippen molar-refractivity contribution in [2.24, 2.45) is 0 Å². The Kier molecular flexibility index (Phi) is 56.0. The van der Waals surface area contributed by atoms with E-state index in [0.29, 0.717) is 19.4 Å². The molecule has 2 unspecified atom stereocenters. The molecule has 3 N–H and O–H groups in total. The highest BCUT2D eigenvalue weighted by atomic mass is 16.5. The molecule has 0 saturated heterocycles. The Morgan fingerprint density at radius 2 is 0.735 bits per heavy atom. The van der Waals surface area contributed by atoms with Gasteiger partial charge >= 0.3 is 5.97 Å². The fraction of sp³-hybridized carbons (Fsp3) is 0.871. The number of esters is 1. The molecule has 0 spiro atoms. The Bertz CT molecular complexity index is 1100. The van der Waals surface area contributed by atoms with Crippen molar-refractivity contribution in [3.63, 3.8) is 0 Å². The van der Waals surface area contributed by atoms with Crippen molar-refractivity contribution >= 4 is 11.9 Å². The Morgan fingerprint density at radius 3 is 1.13 bits per heavy atom. The second kappa shape index (κ2) is 57.7. The zero-order valence-electron chi connectivity index (χ0n) is 45.6. The number of hydrogen-bond acceptors (Lipinski definition) is 5. The average Bonchev–Trinajstić information content (AvgIpc) is 3.34. The summed E-state index contributed by atoms with van der Waals surface area (Å²) in [5, 5.41) is 23.2. The van der Waals surface area contributed by atoms with Gasteiger partial charge < -0.3 is 20.3 Å². The van der Waals surface area contributed by atoms with Gasteiger partial charge in [0, 0.05) is 12.8 Å². The molecule has 0 aliphatic heterocycles. The van der Waals surface area contributed by atoms with Crippen LogP contribution in [0.5, 0.6) is 0 Å². The molecule has 0 aromatic rings. The maximum atomic E-state index is 12.5. The lowest BCUT2D eigenvalue weighted by Crippen LogP contribution is -2.45. The number of carbonyl (C=O) groups is 2. The maximum absolute atomic E-state index is 12.5. The van der Waals surface area contributed by atoms with Crippen LogP contribution in [-0.4, -0.2) is 47.4 Å². The number of allylic oxidation sites excluding steroid dienone is 5. The van der Waals surface area contributed by atoms with Crippen LogP contribution in [0.3, 0.4) is 0 Å². The van der Waals surface area contributed by atoms with E-state index in [0.717, 1.165) is 51.4 Å². The van der Waals surface area contributed by atoms with Gasteiger partial charge in [-0.25, -0.2) is 0 Å². The van der Waals surface area contributed by atoms with Crippen molar-refractivity contribution < 1.29 is 24.5 Å². The number of hydrogen-bond donors (Lipinski definition) is 3. The summed E-state index contributed by atoms with van der Waals surface area (Å²) in [7, 11) is 0. The van der Waals surface area contributed by atoms with Crippen LogP contribution in [0.1, 0.15) is 322 Å². The third-order valence-corrected chi connectivity index (χ3v) is 13.9. The van der Waals surface area contributed by atoms with Crippen molar-refractivity contribution in [2.75, 3.05) is 13.2 Å². The number of aliphatic hydroxyl groups excluding tert-OH is 2. The minimum absolute atomic E-state index is 0.00887. The van der Waals surface area contributed by atoms with E-state index in [4.69, 9.17) is 4.74 Å². The number of aliphatic hydroxyl groups is 2. The van der Waals surface area contributed by atoms with E-state index in [1.54, 1.807) is 6.08 Å². The van der Waals surface area contributed by atoms with Crippen LogP contribution in [-0.2, 0) is 14.3 Å². The molecule has 0 aromatic carbocycles. The first-order valence-corrected chi connectivity index (χ1v) is 30.3. The molecule has 6 nitrogen and oxygen atoms in total. The van der Waals surface area contributed by atoms with Crippen molar-refractivity contribution in [3.8, 4) is 0 Å². The first kappa shape index (κ1) is 66.1. The molecular formula is C62H117NO5. The van der Waals surface area contributed by atoms with Crippen LogP contribution in [0.25, 0.3) is 0 Å². The summed E-state index contributed by atoms with van der Waals surface area (Å²) < 4.78 is 5.48. The van der Waals surface area contributed by atoms with Crippen molar-refractivity contribution in [1.82, 2.24) is 5.32 Å². The summed E-state index contributed by atoms with van der Waals surface area (Å²) in [6.07, 6.45) is 71.7. The highest BCUT2D eigenvalue weighted by Gasteiger charge is 2.18. The fourth-order valence-corrected chi connectivity index (χ4v) is 9.25. The predicted molar refractivity (Wildman–Crippen MR) is 296 cm³/mol. The Labute approximate surface area is 424 Å². The molecule has 0 fully saturated rings. The summed E-state index contributed by atoms with van der Waals surface area (Å²) >= 11 is 0. The van der Waals surface area contributed by atoms with Gasteiger partial charge in [-0.15, -0.1) is 0 Å². The number of amides is 1. The first-order valence-electron chi connectivity index (χ1n) is 30.3. The number of nitrogens with one attached hydrogen (secondary N) is 1. The lowest BCUT2D eigenvalue weighted by atomic mass is 10.0. The second-order valence-corrected chi connectivity index (χ2v) is 20.7. The van der Waals surface area contributed by atoms with Crippen molar-refractivity contribution in [3.05, 3.63) is 36.5 Å². The molecule has 68 heavy (non-hydrogen) atoms. The number of unbranched alkanes of at least 4 members (excludes halogenated alkanes) is 41. The molecule has 0 heterocycles. The summed E-state index contributed by atoms with van der Waals surface area (Å²) in [4.78, 5) is 24.5. The zero-order chi connectivity index (χ0) is 49.3.